The van der Waals surface area contributed by atoms with E-state index in [1.807, 2.05) is 51.1 Å². The summed E-state index contributed by atoms with van der Waals surface area (Å²) in [5, 5.41) is 10.3. The molecule has 7 nitrogen and oxygen atoms in total. The maximum atomic E-state index is 13.4. The van der Waals surface area contributed by atoms with E-state index in [1.165, 1.54) is 0 Å². The highest BCUT2D eigenvalue weighted by molar-refractivity contribution is 9.10. The Labute approximate surface area is 212 Å². The zero-order valence-corrected chi connectivity index (χ0v) is 21.9. The van der Waals surface area contributed by atoms with Crippen LogP contribution in [0.2, 0.25) is 0 Å². The van der Waals surface area contributed by atoms with Crippen LogP contribution >= 0.6 is 15.9 Å². The lowest BCUT2D eigenvalue weighted by Gasteiger charge is -2.18. The minimum Gasteiger partial charge on any atom is -0.487 e. The van der Waals surface area contributed by atoms with Crippen LogP contribution in [0.5, 0.6) is 5.75 Å². The summed E-state index contributed by atoms with van der Waals surface area (Å²) < 4.78 is 7.96. The molecule has 1 aromatic carbocycles. The number of nitrogens with zero attached hydrogens (tertiary/aromatic N) is 4. The highest BCUT2D eigenvalue weighted by atomic mass is 79.9. The first-order valence-electron chi connectivity index (χ1n) is 11.2. The molecule has 0 spiro atoms. The fourth-order valence-corrected chi connectivity index (χ4v) is 4.15. The van der Waals surface area contributed by atoms with Gasteiger partial charge in [-0.3, -0.25) is 14.3 Å². The Bertz CT molecular complexity index is 1460. The smallest absolute Gasteiger partial charge is 0.273 e. The number of ether oxygens (including phenoxy) is 1. The fraction of sp³-hybridized carbons (Fsp3) is 0.259. The van der Waals surface area contributed by atoms with Gasteiger partial charge in [-0.25, -0.2) is 9.97 Å². The van der Waals surface area contributed by atoms with Gasteiger partial charge >= 0.3 is 0 Å². The molecule has 0 fully saturated rings. The Morgan fingerprint density at radius 3 is 2.54 bits per heavy atom. The largest absolute Gasteiger partial charge is 0.487 e. The molecule has 0 aliphatic carbocycles. The van der Waals surface area contributed by atoms with Crippen molar-refractivity contribution in [3.63, 3.8) is 0 Å². The summed E-state index contributed by atoms with van der Waals surface area (Å²) in [4.78, 5) is 26.6. The average Bonchev–Trinajstić information content (AvgIpc) is 2.81. The van der Waals surface area contributed by atoms with Gasteiger partial charge in [0.25, 0.3) is 5.56 Å². The van der Waals surface area contributed by atoms with Gasteiger partial charge in [0.15, 0.2) is 5.82 Å². The van der Waals surface area contributed by atoms with Gasteiger partial charge in [-0.2, -0.15) is 0 Å². The van der Waals surface area contributed by atoms with Gasteiger partial charge in [-0.05, 0) is 73.8 Å². The van der Waals surface area contributed by atoms with E-state index in [2.05, 4.69) is 36.9 Å². The molecular formula is C27H27BrN4O3. The van der Waals surface area contributed by atoms with Crippen LogP contribution in [0, 0.1) is 20.8 Å². The van der Waals surface area contributed by atoms with Crippen molar-refractivity contribution < 1.29 is 9.84 Å². The van der Waals surface area contributed by atoms with Crippen LogP contribution in [0.25, 0.3) is 17.1 Å². The Balaban J connectivity index is 1.72. The highest BCUT2D eigenvalue weighted by Gasteiger charge is 2.21. The molecule has 0 radical (unpaired) electrons. The van der Waals surface area contributed by atoms with E-state index in [9.17, 15) is 9.90 Å². The zero-order valence-electron chi connectivity index (χ0n) is 20.3. The predicted octanol–water partition coefficient (Wildman–Crippen LogP) is 5.18. The van der Waals surface area contributed by atoms with Crippen molar-refractivity contribution in [2.24, 2.45) is 0 Å². The van der Waals surface area contributed by atoms with E-state index >= 15 is 0 Å². The van der Waals surface area contributed by atoms with E-state index in [1.54, 1.807) is 36.9 Å². The Morgan fingerprint density at radius 2 is 1.83 bits per heavy atom. The molecule has 0 saturated carbocycles. The molecule has 0 amide bonds. The summed E-state index contributed by atoms with van der Waals surface area (Å²) in [6.07, 6.45) is 3.30. The second-order valence-corrected chi connectivity index (χ2v) is 9.86. The topological polar surface area (TPSA) is 90.1 Å². The number of aliphatic hydroxyl groups is 1. The lowest BCUT2D eigenvalue weighted by Crippen LogP contribution is -2.23. The van der Waals surface area contributed by atoms with Crippen molar-refractivity contribution in [3.8, 4) is 22.8 Å². The maximum Gasteiger partial charge on any atom is 0.273 e. The normalized spacial score (nSPS) is 11.5. The van der Waals surface area contributed by atoms with Crippen LogP contribution in [0.3, 0.4) is 0 Å². The molecule has 180 valence electrons. The van der Waals surface area contributed by atoms with E-state index in [4.69, 9.17) is 4.74 Å². The second kappa shape index (κ2) is 9.71. The quantitative estimate of drug-likeness (QED) is 0.366. The summed E-state index contributed by atoms with van der Waals surface area (Å²) in [6, 6.07) is 13.5. The molecule has 0 aliphatic rings. The lowest BCUT2D eigenvalue weighted by atomic mass is 10.1. The number of hydrogen-bond donors (Lipinski definition) is 1. The number of benzene rings is 1. The molecule has 0 aliphatic heterocycles. The van der Waals surface area contributed by atoms with Gasteiger partial charge in [0.2, 0.25) is 0 Å². The fourth-order valence-electron chi connectivity index (χ4n) is 3.74. The molecule has 8 heteroatoms. The average molecular weight is 535 g/mol. The summed E-state index contributed by atoms with van der Waals surface area (Å²) >= 11 is 3.45. The Hall–Kier alpha value is -3.36. The van der Waals surface area contributed by atoms with E-state index < -0.39 is 5.60 Å². The third kappa shape index (κ3) is 5.33. The number of hydrogen-bond acceptors (Lipinski definition) is 6. The number of rotatable bonds is 6. The monoisotopic (exact) mass is 534 g/mol. The number of halogens is 1. The van der Waals surface area contributed by atoms with Crippen LogP contribution in [0.4, 0.5) is 0 Å². The molecule has 35 heavy (non-hydrogen) atoms. The molecule has 0 unspecified atom stereocenters. The van der Waals surface area contributed by atoms with E-state index in [0.29, 0.717) is 39.7 Å². The van der Waals surface area contributed by atoms with Crippen molar-refractivity contribution in [2.45, 2.75) is 46.8 Å². The standard InChI is InChI=1S/C27H27BrN4O3/c1-16-7-6-8-19(11-16)15-35-23-12-18(3)32(25(33)24(23)28)22-13-21(30-14-17(22)2)20-9-10-29-26(31-20)27(4,5)34/h6-14,34H,15H2,1-5H3. The van der Waals surface area contributed by atoms with Gasteiger partial charge in [-0.1, -0.05) is 29.8 Å². The lowest BCUT2D eigenvalue weighted by molar-refractivity contribution is 0.0688. The van der Waals surface area contributed by atoms with Gasteiger partial charge < -0.3 is 9.84 Å². The van der Waals surface area contributed by atoms with Gasteiger partial charge in [-0.15, -0.1) is 0 Å². The van der Waals surface area contributed by atoms with Crippen molar-refractivity contribution >= 4 is 15.9 Å². The van der Waals surface area contributed by atoms with Crippen LogP contribution in [0.1, 0.15) is 42.1 Å². The number of pyridine rings is 2. The van der Waals surface area contributed by atoms with E-state index in [-0.39, 0.29) is 5.56 Å². The predicted molar refractivity (Wildman–Crippen MR) is 139 cm³/mol. The van der Waals surface area contributed by atoms with Crippen molar-refractivity contribution in [1.82, 2.24) is 19.5 Å². The molecule has 4 aromatic rings. The summed E-state index contributed by atoms with van der Waals surface area (Å²) in [7, 11) is 0. The molecule has 0 atom stereocenters. The zero-order chi connectivity index (χ0) is 25.3. The Kier molecular flexibility index (Phi) is 6.87. The molecule has 3 aromatic heterocycles. The Morgan fingerprint density at radius 1 is 1.06 bits per heavy atom. The first-order valence-corrected chi connectivity index (χ1v) is 12.0. The highest BCUT2D eigenvalue weighted by Crippen LogP contribution is 2.28. The number of aromatic nitrogens is 4. The third-order valence-electron chi connectivity index (χ3n) is 5.56. The molecule has 3 heterocycles. The van der Waals surface area contributed by atoms with Crippen molar-refractivity contribution in [3.05, 3.63) is 97.9 Å². The molecule has 0 bridgehead atoms. The van der Waals surface area contributed by atoms with Gasteiger partial charge in [0.05, 0.1) is 17.1 Å². The molecular weight excluding hydrogens is 508 g/mol. The summed E-state index contributed by atoms with van der Waals surface area (Å²) in [5.41, 5.74) is 4.13. The summed E-state index contributed by atoms with van der Waals surface area (Å²) in [5.74, 6) is 0.785. The second-order valence-electron chi connectivity index (χ2n) is 9.06. The van der Waals surface area contributed by atoms with Gasteiger partial charge in [0.1, 0.15) is 22.4 Å². The van der Waals surface area contributed by atoms with Gasteiger partial charge in [0, 0.05) is 24.2 Å². The van der Waals surface area contributed by atoms with Crippen LogP contribution in [-0.4, -0.2) is 24.6 Å². The van der Waals surface area contributed by atoms with Crippen LogP contribution in [0.15, 0.2) is 64.1 Å². The van der Waals surface area contributed by atoms with E-state index in [0.717, 1.165) is 22.4 Å². The summed E-state index contributed by atoms with van der Waals surface area (Å²) in [6.45, 7) is 9.41. The number of aryl methyl sites for hydroxylation is 3. The van der Waals surface area contributed by atoms with Crippen molar-refractivity contribution in [1.29, 1.82) is 0 Å². The van der Waals surface area contributed by atoms with Crippen molar-refractivity contribution in [2.75, 3.05) is 0 Å². The minimum absolute atomic E-state index is 0.232. The first-order chi connectivity index (χ1) is 16.5. The van der Waals surface area contributed by atoms with Crippen LogP contribution < -0.4 is 10.3 Å². The molecule has 1 N–H and O–H groups in total. The SMILES string of the molecule is Cc1cccc(COc2cc(C)n(-c3cc(-c4ccnc(C(C)(C)O)n4)ncc3C)c(=O)c2Br)c1. The minimum atomic E-state index is -1.18. The van der Waals surface area contributed by atoms with Crippen LogP contribution in [-0.2, 0) is 12.2 Å². The first kappa shape index (κ1) is 24.8. The third-order valence-corrected chi connectivity index (χ3v) is 6.29. The molecule has 4 rings (SSSR count). The molecule has 0 saturated heterocycles. The maximum absolute atomic E-state index is 13.4.